The third-order valence-corrected chi connectivity index (χ3v) is 5.32. The molecular formula is C12H19NO2. The van der Waals surface area contributed by atoms with E-state index >= 15 is 0 Å². The highest BCUT2D eigenvalue weighted by Gasteiger charge is 2.78. The van der Waals surface area contributed by atoms with E-state index in [0.29, 0.717) is 6.04 Å². The summed E-state index contributed by atoms with van der Waals surface area (Å²) in [6.45, 7) is 1.65. The smallest absolute Gasteiger partial charge is 0.140 e. The van der Waals surface area contributed by atoms with Gasteiger partial charge in [-0.3, -0.25) is 9.69 Å². The van der Waals surface area contributed by atoms with Crippen molar-refractivity contribution in [2.24, 2.45) is 5.41 Å². The maximum absolute atomic E-state index is 11.8. The molecule has 2 bridgehead atoms. The van der Waals surface area contributed by atoms with E-state index in [4.69, 9.17) is 0 Å². The van der Waals surface area contributed by atoms with Crippen molar-refractivity contribution in [1.82, 2.24) is 4.90 Å². The Labute approximate surface area is 90.5 Å². The van der Waals surface area contributed by atoms with Gasteiger partial charge in [-0.15, -0.1) is 0 Å². The molecule has 0 radical (unpaired) electrons. The lowest BCUT2D eigenvalue weighted by Crippen LogP contribution is -2.58. The first kappa shape index (κ1) is 9.79. The third kappa shape index (κ3) is 0.878. The first-order valence-corrected chi connectivity index (χ1v) is 5.97. The van der Waals surface area contributed by atoms with Gasteiger partial charge in [0.05, 0.1) is 11.5 Å². The molecule has 3 heteroatoms. The maximum Gasteiger partial charge on any atom is 0.140 e. The minimum atomic E-state index is -0.404. The van der Waals surface area contributed by atoms with Gasteiger partial charge in [-0.1, -0.05) is 6.42 Å². The number of ketones is 1. The van der Waals surface area contributed by atoms with E-state index < -0.39 is 11.5 Å². The van der Waals surface area contributed by atoms with Gasteiger partial charge < -0.3 is 5.11 Å². The zero-order chi connectivity index (χ0) is 10.8. The van der Waals surface area contributed by atoms with E-state index in [2.05, 4.69) is 11.9 Å². The summed E-state index contributed by atoms with van der Waals surface area (Å²) in [6.07, 6.45) is 4.79. The molecule has 1 N–H and O–H groups in total. The van der Waals surface area contributed by atoms with Crippen LogP contribution >= 0.6 is 0 Å². The van der Waals surface area contributed by atoms with Crippen LogP contribution in [0.3, 0.4) is 0 Å². The number of carbonyl (C=O) groups is 1. The number of aliphatic hydroxyl groups excluding tert-OH is 1. The van der Waals surface area contributed by atoms with Crippen LogP contribution in [0.15, 0.2) is 0 Å². The third-order valence-electron chi connectivity index (χ3n) is 5.32. The summed E-state index contributed by atoms with van der Waals surface area (Å²) in [5, 5.41) is 10.2. The molecule has 3 rings (SSSR count). The molecule has 84 valence electrons. The highest BCUT2D eigenvalue weighted by molar-refractivity contribution is 5.89. The number of fused-ring (bicyclic) bond motifs is 1. The fraction of sp³-hybridized carbons (Fsp3) is 0.917. The summed E-state index contributed by atoms with van der Waals surface area (Å²) < 4.78 is 0. The van der Waals surface area contributed by atoms with E-state index in [1.165, 1.54) is 12.8 Å². The predicted molar refractivity (Wildman–Crippen MR) is 56.5 cm³/mol. The molecule has 4 atom stereocenters. The quantitative estimate of drug-likeness (QED) is 0.699. The minimum Gasteiger partial charge on any atom is -0.392 e. The maximum atomic E-state index is 11.8. The molecule has 0 aromatic carbocycles. The molecule has 3 fully saturated rings. The number of hydrogen-bond donors (Lipinski definition) is 1. The van der Waals surface area contributed by atoms with Crippen molar-refractivity contribution in [1.29, 1.82) is 0 Å². The van der Waals surface area contributed by atoms with Crippen LogP contribution in [0.25, 0.3) is 0 Å². The molecule has 1 spiro atoms. The first-order valence-electron chi connectivity index (χ1n) is 5.97. The molecule has 1 aliphatic carbocycles. The number of piperidine rings is 2. The Hall–Kier alpha value is -0.410. The lowest BCUT2D eigenvalue weighted by Gasteiger charge is -2.49. The molecule has 3 aliphatic rings. The van der Waals surface area contributed by atoms with Crippen LogP contribution in [-0.4, -0.2) is 40.5 Å². The topological polar surface area (TPSA) is 40.5 Å². The van der Waals surface area contributed by atoms with Gasteiger partial charge in [-0.25, -0.2) is 0 Å². The Morgan fingerprint density at radius 1 is 1.53 bits per heavy atom. The van der Waals surface area contributed by atoms with Crippen LogP contribution in [0.5, 0.6) is 0 Å². The van der Waals surface area contributed by atoms with Crippen molar-refractivity contribution in [3.63, 3.8) is 0 Å². The van der Waals surface area contributed by atoms with Gasteiger partial charge in [-0.05, 0) is 39.7 Å². The van der Waals surface area contributed by atoms with Crippen molar-refractivity contribution in [3.05, 3.63) is 0 Å². The second-order valence-electron chi connectivity index (χ2n) is 5.64. The number of aliphatic hydroxyl groups is 1. The minimum absolute atomic E-state index is 0.0272. The second kappa shape index (κ2) is 2.64. The highest BCUT2D eigenvalue weighted by atomic mass is 16.3. The monoisotopic (exact) mass is 209 g/mol. The number of nitrogens with zero attached hydrogens (tertiary/aromatic N) is 1. The molecule has 0 amide bonds. The van der Waals surface area contributed by atoms with Crippen LogP contribution in [0, 0.1) is 5.41 Å². The molecule has 2 unspecified atom stereocenters. The van der Waals surface area contributed by atoms with Gasteiger partial charge in [0, 0.05) is 11.6 Å². The zero-order valence-electron chi connectivity index (χ0n) is 9.49. The fourth-order valence-corrected chi connectivity index (χ4v) is 4.37. The summed E-state index contributed by atoms with van der Waals surface area (Å²) in [6, 6.07) is 0.503. The Kier molecular flexibility index (Phi) is 1.72. The predicted octanol–water partition coefficient (Wildman–Crippen LogP) is 0.953. The molecule has 2 heterocycles. The molecule has 0 aromatic rings. The van der Waals surface area contributed by atoms with Crippen molar-refractivity contribution in [3.8, 4) is 0 Å². The van der Waals surface area contributed by atoms with E-state index in [0.717, 1.165) is 19.3 Å². The van der Waals surface area contributed by atoms with Gasteiger partial charge in [0.2, 0.25) is 0 Å². The van der Waals surface area contributed by atoms with Crippen molar-refractivity contribution in [2.75, 3.05) is 7.05 Å². The summed E-state index contributed by atoms with van der Waals surface area (Å²) in [5.41, 5.74) is -0.377. The van der Waals surface area contributed by atoms with Crippen LogP contribution in [-0.2, 0) is 4.79 Å². The summed E-state index contributed by atoms with van der Waals surface area (Å²) in [5.74, 6) is 0.196. The lowest BCUT2D eigenvalue weighted by molar-refractivity contribution is -0.136. The molecule has 3 nitrogen and oxygen atoms in total. The largest absolute Gasteiger partial charge is 0.392 e. The SMILES string of the molecule is CC(=O)[C@]12CC13CCCC(C[C@@H]2O)N3C. The Morgan fingerprint density at radius 2 is 2.27 bits per heavy atom. The highest BCUT2D eigenvalue weighted by Crippen LogP contribution is 2.69. The van der Waals surface area contributed by atoms with Gasteiger partial charge in [0.1, 0.15) is 5.78 Å². The van der Waals surface area contributed by atoms with Gasteiger partial charge >= 0.3 is 0 Å². The van der Waals surface area contributed by atoms with Gasteiger partial charge in [0.15, 0.2) is 0 Å². The van der Waals surface area contributed by atoms with Crippen LogP contribution < -0.4 is 0 Å². The molecule has 1 saturated carbocycles. The Bertz CT molecular complexity index is 330. The number of rotatable bonds is 1. The van der Waals surface area contributed by atoms with Crippen molar-refractivity contribution >= 4 is 5.78 Å². The first-order chi connectivity index (χ1) is 7.04. The van der Waals surface area contributed by atoms with Crippen LogP contribution in [0.4, 0.5) is 0 Å². The standard InChI is InChI=1S/C12H19NO2/c1-8(14)12-7-11(12)5-3-4-9(13(11)2)6-10(12)15/h9-10,15H,3-7H2,1-2H3/t9?,10-,11?,12-/m0/s1. The number of hydrogen-bond acceptors (Lipinski definition) is 3. The summed E-state index contributed by atoms with van der Waals surface area (Å²) >= 11 is 0. The van der Waals surface area contributed by atoms with E-state index in [9.17, 15) is 9.90 Å². The average molecular weight is 209 g/mol. The normalized spacial score (nSPS) is 53.5. The molecule has 15 heavy (non-hydrogen) atoms. The lowest BCUT2D eigenvalue weighted by atomic mass is 9.74. The number of Topliss-reactive ketones (excluding diaryl/α,β-unsaturated/α-hetero) is 1. The van der Waals surface area contributed by atoms with Crippen LogP contribution in [0.2, 0.25) is 0 Å². The van der Waals surface area contributed by atoms with Crippen LogP contribution in [0.1, 0.15) is 39.0 Å². The zero-order valence-corrected chi connectivity index (χ0v) is 9.49. The fourth-order valence-electron chi connectivity index (χ4n) is 4.37. The van der Waals surface area contributed by atoms with Gasteiger partial charge in [0.25, 0.3) is 0 Å². The summed E-state index contributed by atoms with van der Waals surface area (Å²) in [4.78, 5) is 14.2. The number of carbonyl (C=O) groups excluding carboxylic acids is 1. The van der Waals surface area contributed by atoms with E-state index in [1.54, 1.807) is 6.92 Å². The van der Waals surface area contributed by atoms with Gasteiger partial charge in [-0.2, -0.15) is 0 Å². The molecule has 2 saturated heterocycles. The van der Waals surface area contributed by atoms with E-state index in [1.807, 2.05) is 0 Å². The Morgan fingerprint density at radius 3 is 2.93 bits per heavy atom. The average Bonchev–Trinajstić information content (AvgIpc) is 2.83. The molecular weight excluding hydrogens is 190 g/mol. The Balaban J connectivity index is 2.04. The molecule has 0 aromatic heterocycles. The van der Waals surface area contributed by atoms with Crippen molar-refractivity contribution < 1.29 is 9.90 Å². The summed E-state index contributed by atoms with van der Waals surface area (Å²) in [7, 11) is 2.14. The second-order valence-corrected chi connectivity index (χ2v) is 5.64. The van der Waals surface area contributed by atoms with Crippen molar-refractivity contribution in [2.45, 2.75) is 56.7 Å². The van der Waals surface area contributed by atoms with E-state index in [-0.39, 0.29) is 11.3 Å². The molecule has 2 aliphatic heterocycles.